The molecule has 2 nitrogen and oxygen atoms in total. The molecule has 0 radical (unpaired) electrons. The minimum absolute atomic E-state index is 0.274. The van der Waals surface area contributed by atoms with Crippen LogP contribution in [0.25, 0.3) is 0 Å². The van der Waals surface area contributed by atoms with Crippen molar-refractivity contribution in [2.75, 3.05) is 7.11 Å². The van der Waals surface area contributed by atoms with Crippen LogP contribution in [0.4, 0.5) is 0 Å². The van der Waals surface area contributed by atoms with Crippen LogP contribution in [0.5, 0.6) is 5.75 Å². The summed E-state index contributed by atoms with van der Waals surface area (Å²) in [6.45, 7) is 0. The molecule has 1 aliphatic rings. The summed E-state index contributed by atoms with van der Waals surface area (Å²) in [6.07, 6.45) is 0.747. The first-order chi connectivity index (χ1) is 7.93. The molecule has 17 heavy (non-hydrogen) atoms. The second-order valence-electron chi connectivity index (χ2n) is 3.83. The quantitative estimate of drug-likeness (QED) is 0.620. The molecule has 2 rings (SSSR count). The summed E-state index contributed by atoms with van der Waals surface area (Å²) >= 11 is 24.0. The average molecular weight is 314 g/mol. The maximum absolute atomic E-state index is 10.8. The number of hydrogen-bond donors (Lipinski definition) is 0. The molecule has 0 amide bonds. The fourth-order valence-corrected chi connectivity index (χ4v) is 3.31. The Hall–Kier alpha value is -0.150. The van der Waals surface area contributed by atoms with E-state index in [1.165, 1.54) is 7.11 Å². The maximum atomic E-state index is 10.8. The Kier molecular flexibility index (Phi) is 3.52. The third-order valence-electron chi connectivity index (χ3n) is 2.84. The number of rotatable bonds is 3. The second kappa shape index (κ2) is 4.51. The van der Waals surface area contributed by atoms with Crippen LogP contribution in [-0.2, 0) is 4.79 Å². The molecule has 0 aromatic heterocycles. The lowest BCUT2D eigenvalue weighted by Crippen LogP contribution is -1.92. The number of alkyl halides is 2. The summed E-state index contributed by atoms with van der Waals surface area (Å²) in [5, 5.41) is 0.742. The highest BCUT2D eigenvalue weighted by Crippen LogP contribution is 2.64. The molecular formula is C11H8Cl4O2. The molecule has 1 aromatic carbocycles. The van der Waals surface area contributed by atoms with Gasteiger partial charge >= 0.3 is 0 Å². The van der Waals surface area contributed by atoms with Gasteiger partial charge < -0.3 is 9.53 Å². The van der Waals surface area contributed by atoms with Gasteiger partial charge in [-0.1, -0.05) is 23.2 Å². The molecule has 1 saturated carbocycles. The van der Waals surface area contributed by atoms with Gasteiger partial charge in [-0.05, 0) is 17.7 Å². The third kappa shape index (κ3) is 2.12. The van der Waals surface area contributed by atoms with Crippen LogP contribution < -0.4 is 4.74 Å². The van der Waals surface area contributed by atoms with Gasteiger partial charge in [0.1, 0.15) is 10.6 Å². The summed E-state index contributed by atoms with van der Waals surface area (Å²) in [5.74, 6) is -0.300. The van der Waals surface area contributed by atoms with Gasteiger partial charge in [-0.15, -0.1) is 23.2 Å². The molecule has 6 heteroatoms. The van der Waals surface area contributed by atoms with Crippen molar-refractivity contribution in [3.05, 3.63) is 27.7 Å². The van der Waals surface area contributed by atoms with Crippen LogP contribution >= 0.6 is 46.4 Å². The Balaban J connectivity index is 2.40. The third-order valence-corrected chi connectivity index (χ3v) is 4.38. The van der Waals surface area contributed by atoms with Crippen LogP contribution in [0.3, 0.4) is 0 Å². The van der Waals surface area contributed by atoms with Gasteiger partial charge in [0.15, 0.2) is 5.75 Å². The normalized spacial score (nSPS) is 25.5. The van der Waals surface area contributed by atoms with Crippen molar-refractivity contribution in [2.45, 2.75) is 10.3 Å². The molecule has 0 heterocycles. The maximum Gasteiger partial charge on any atom is 0.156 e. The van der Waals surface area contributed by atoms with E-state index in [0.717, 1.165) is 11.8 Å². The second-order valence-corrected chi connectivity index (χ2v) is 6.09. The number of aldehydes is 1. The molecule has 1 fully saturated rings. The van der Waals surface area contributed by atoms with Crippen LogP contribution in [0, 0.1) is 5.92 Å². The number of halogens is 4. The molecule has 92 valence electrons. The first-order valence-electron chi connectivity index (χ1n) is 4.79. The average Bonchev–Trinajstić information content (AvgIpc) is 2.79. The topological polar surface area (TPSA) is 26.3 Å². The van der Waals surface area contributed by atoms with E-state index in [2.05, 4.69) is 0 Å². The lowest BCUT2D eigenvalue weighted by Gasteiger charge is -2.08. The zero-order valence-corrected chi connectivity index (χ0v) is 11.7. The molecule has 2 unspecified atom stereocenters. The summed E-state index contributed by atoms with van der Waals surface area (Å²) in [7, 11) is 1.48. The minimum Gasteiger partial charge on any atom is -0.494 e. The predicted octanol–water partition coefficient (Wildman–Crippen LogP) is 4.09. The molecule has 0 saturated heterocycles. The van der Waals surface area contributed by atoms with Crippen molar-refractivity contribution in [3.8, 4) is 5.75 Å². The highest BCUT2D eigenvalue weighted by Gasteiger charge is 2.64. The van der Waals surface area contributed by atoms with Gasteiger partial charge in [0, 0.05) is 5.92 Å². The van der Waals surface area contributed by atoms with Gasteiger partial charge in [-0.2, -0.15) is 0 Å². The lowest BCUT2D eigenvalue weighted by molar-refractivity contribution is -0.108. The van der Waals surface area contributed by atoms with Gasteiger partial charge in [-0.25, -0.2) is 0 Å². The van der Waals surface area contributed by atoms with Gasteiger partial charge in [-0.3, -0.25) is 0 Å². The Bertz CT molecular complexity index is 450. The SMILES string of the molecule is COc1c(Cl)cc(C2C(C=O)C2(Cl)Cl)cc1Cl. The van der Waals surface area contributed by atoms with E-state index < -0.39 is 10.3 Å². The van der Waals surface area contributed by atoms with Crippen molar-refractivity contribution in [3.63, 3.8) is 0 Å². The monoisotopic (exact) mass is 312 g/mol. The molecule has 1 aromatic rings. The zero-order chi connectivity index (χ0) is 12.8. The number of carbonyl (C=O) groups excluding carboxylic acids is 1. The summed E-state index contributed by atoms with van der Waals surface area (Å²) in [4.78, 5) is 10.8. The van der Waals surface area contributed by atoms with E-state index in [4.69, 9.17) is 51.1 Å². The van der Waals surface area contributed by atoms with Crippen LogP contribution in [0.15, 0.2) is 12.1 Å². The number of hydrogen-bond acceptors (Lipinski definition) is 2. The molecule has 0 spiro atoms. The molecule has 0 N–H and O–H groups in total. The Morgan fingerprint density at radius 1 is 1.29 bits per heavy atom. The summed E-state index contributed by atoms with van der Waals surface area (Å²) < 4.78 is 3.97. The summed E-state index contributed by atoms with van der Waals surface area (Å²) in [5.41, 5.74) is 0.739. The zero-order valence-electron chi connectivity index (χ0n) is 8.72. The van der Waals surface area contributed by atoms with Crippen molar-refractivity contribution in [1.29, 1.82) is 0 Å². The van der Waals surface area contributed by atoms with Crippen molar-refractivity contribution in [2.24, 2.45) is 5.92 Å². The fraction of sp³-hybridized carbons (Fsp3) is 0.364. The van der Waals surface area contributed by atoms with Crippen LogP contribution in [0.2, 0.25) is 10.0 Å². The van der Waals surface area contributed by atoms with Crippen molar-refractivity contribution < 1.29 is 9.53 Å². The molecule has 1 aliphatic carbocycles. The molecular weight excluding hydrogens is 306 g/mol. The standard InChI is InChI=1S/C11H8Cl4O2/c1-17-10-7(12)2-5(3-8(10)13)9-6(4-16)11(9,14)15/h2-4,6,9H,1H3. The van der Waals surface area contributed by atoms with E-state index in [1.54, 1.807) is 12.1 Å². The number of benzene rings is 1. The molecule has 0 aliphatic heterocycles. The Labute approximate surface area is 119 Å². The number of ether oxygens (including phenoxy) is 1. The number of carbonyl (C=O) groups is 1. The van der Waals surface area contributed by atoms with E-state index in [-0.39, 0.29) is 5.92 Å². The molecule has 0 bridgehead atoms. The van der Waals surface area contributed by atoms with Gasteiger partial charge in [0.25, 0.3) is 0 Å². The Morgan fingerprint density at radius 2 is 1.82 bits per heavy atom. The van der Waals surface area contributed by atoms with E-state index in [9.17, 15) is 4.79 Å². The van der Waals surface area contributed by atoms with Crippen molar-refractivity contribution in [1.82, 2.24) is 0 Å². The van der Waals surface area contributed by atoms with E-state index in [1.807, 2.05) is 0 Å². The first kappa shape index (κ1) is 13.3. The van der Waals surface area contributed by atoms with E-state index >= 15 is 0 Å². The number of methoxy groups -OCH3 is 1. The highest BCUT2D eigenvalue weighted by atomic mass is 35.5. The molecule has 2 atom stereocenters. The largest absolute Gasteiger partial charge is 0.494 e. The van der Waals surface area contributed by atoms with Gasteiger partial charge in [0.05, 0.1) is 23.1 Å². The fourth-order valence-electron chi connectivity index (χ4n) is 1.90. The first-order valence-corrected chi connectivity index (χ1v) is 6.30. The summed E-state index contributed by atoms with van der Waals surface area (Å²) in [6, 6.07) is 3.33. The highest BCUT2D eigenvalue weighted by molar-refractivity contribution is 6.53. The Morgan fingerprint density at radius 3 is 2.18 bits per heavy atom. The minimum atomic E-state index is -1.07. The van der Waals surface area contributed by atoms with Gasteiger partial charge in [0.2, 0.25) is 0 Å². The van der Waals surface area contributed by atoms with Crippen molar-refractivity contribution >= 4 is 52.7 Å². The van der Waals surface area contributed by atoms with Crippen LogP contribution in [0.1, 0.15) is 11.5 Å². The lowest BCUT2D eigenvalue weighted by atomic mass is 10.1. The van der Waals surface area contributed by atoms with Crippen LogP contribution in [-0.4, -0.2) is 17.7 Å². The van der Waals surface area contributed by atoms with E-state index in [0.29, 0.717) is 15.8 Å². The smallest absolute Gasteiger partial charge is 0.156 e. The predicted molar refractivity (Wildman–Crippen MR) is 69.7 cm³/mol.